The maximum Gasteiger partial charge on any atom is 0.307 e. The van der Waals surface area contributed by atoms with Crippen molar-refractivity contribution in [3.63, 3.8) is 0 Å². The first-order valence-electron chi connectivity index (χ1n) is 8.86. The maximum absolute atomic E-state index is 14.8. The number of aromatic amines is 1. The van der Waals surface area contributed by atoms with Gasteiger partial charge < -0.3 is 10.1 Å². The minimum atomic E-state index is -0.923. The van der Waals surface area contributed by atoms with Crippen LogP contribution in [-0.4, -0.2) is 35.8 Å². The summed E-state index contributed by atoms with van der Waals surface area (Å²) in [6.07, 6.45) is 1.40. The van der Waals surface area contributed by atoms with Crippen molar-refractivity contribution in [3.8, 4) is 11.4 Å². The van der Waals surface area contributed by atoms with E-state index in [4.69, 9.17) is 16.7 Å². The van der Waals surface area contributed by atoms with E-state index in [2.05, 4.69) is 20.1 Å². The van der Waals surface area contributed by atoms with Crippen LogP contribution in [0.1, 0.15) is 22.5 Å². The van der Waals surface area contributed by atoms with Gasteiger partial charge in [0.1, 0.15) is 11.6 Å². The van der Waals surface area contributed by atoms with Crippen LogP contribution >= 0.6 is 11.6 Å². The SMILES string of the molecule is Cc1nn(Cc2ccc(-c3nc4ncc(Cl)cc4[nH]3)cc2F)c(C)c1CC(=O)O. The number of hydrogen-bond donors (Lipinski definition) is 2. The number of aryl methyl sites for hydroxylation is 1. The molecule has 29 heavy (non-hydrogen) atoms. The molecule has 3 heterocycles. The summed E-state index contributed by atoms with van der Waals surface area (Å²) in [5.74, 6) is -0.829. The fraction of sp³-hybridized carbons (Fsp3) is 0.200. The lowest BCUT2D eigenvalue weighted by Gasteiger charge is -2.08. The molecule has 4 rings (SSSR count). The summed E-state index contributed by atoms with van der Waals surface area (Å²) < 4.78 is 16.4. The van der Waals surface area contributed by atoms with E-state index in [1.807, 2.05) is 0 Å². The lowest BCUT2D eigenvalue weighted by molar-refractivity contribution is -0.136. The fourth-order valence-corrected chi connectivity index (χ4v) is 3.45. The van der Waals surface area contributed by atoms with Gasteiger partial charge in [-0.1, -0.05) is 23.7 Å². The number of pyridine rings is 1. The third-order valence-electron chi connectivity index (χ3n) is 4.81. The van der Waals surface area contributed by atoms with Crippen molar-refractivity contribution < 1.29 is 14.3 Å². The third-order valence-corrected chi connectivity index (χ3v) is 5.02. The zero-order valence-corrected chi connectivity index (χ0v) is 16.5. The first-order valence-corrected chi connectivity index (χ1v) is 9.24. The van der Waals surface area contributed by atoms with Gasteiger partial charge in [-0.2, -0.15) is 5.10 Å². The van der Waals surface area contributed by atoms with E-state index in [0.29, 0.717) is 50.1 Å². The number of carboxylic acid groups (broad SMARTS) is 1. The summed E-state index contributed by atoms with van der Waals surface area (Å²) in [5, 5.41) is 13.9. The number of aromatic nitrogens is 5. The molecular weight excluding hydrogens is 397 g/mol. The van der Waals surface area contributed by atoms with Crippen molar-refractivity contribution in [1.29, 1.82) is 0 Å². The van der Waals surface area contributed by atoms with Crippen molar-refractivity contribution >= 4 is 28.7 Å². The normalized spacial score (nSPS) is 11.3. The number of nitrogens with zero attached hydrogens (tertiary/aromatic N) is 4. The minimum Gasteiger partial charge on any atom is -0.481 e. The number of carboxylic acids is 1. The van der Waals surface area contributed by atoms with Gasteiger partial charge >= 0.3 is 5.97 Å². The Bertz CT molecular complexity index is 1250. The molecular formula is C20H17ClFN5O2. The van der Waals surface area contributed by atoms with E-state index in [9.17, 15) is 9.18 Å². The molecule has 0 saturated heterocycles. The van der Waals surface area contributed by atoms with Gasteiger partial charge in [0.05, 0.1) is 29.2 Å². The van der Waals surface area contributed by atoms with Crippen molar-refractivity contribution in [2.24, 2.45) is 0 Å². The lowest BCUT2D eigenvalue weighted by atomic mass is 10.1. The summed E-state index contributed by atoms with van der Waals surface area (Å²) in [7, 11) is 0. The molecule has 2 N–H and O–H groups in total. The van der Waals surface area contributed by atoms with E-state index >= 15 is 0 Å². The van der Waals surface area contributed by atoms with Crippen molar-refractivity contribution in [3.05, 3.63) is 63.8 Å². The van der Waals surface area contributed by atoms with Crippen LogP contribution in [0.5, 0.6) is 0 Å². The predicted molar refractivity (Wildman–Crippen MR) is 106 cm³/mol. The molecule has 0 radical (unpaired) electrons. The van der Waals surface area contributed by atoms with E-state index < -0.39 is 11.8 Å². The standard InChI is InChI=1S/C20H17ClFN5O2/c1-10-15(7-18(28)29)11(2)27(26-10)9-13-4-3-12(5-16(13)22)19-24-17-6-14(21)8-23-20(17)25-19/h3-6,8H,7,9H2,1-2H3,(H,28,29)(H,23,24,25). The monoisotopic (exact) mass is 413 g/mol. The summed E-state index contributed by atoms with van der Waals surface area (Å²) in [4.78, 5) is 22.6. The van der Waals surface area contributed by atoms with Gasteiger partial charge in [-0.05, 0) is 26.0 Å². The van der Waals surface area contributed by atoms with Crippen LogP contribution in [0.3, 0.4) is 0 Å². The Balaban J connectivity index is 1.63. The molecule has 9 heteroatoms. The second-order valence-electron chi connectivity index (χ2n) is 6.79. The summed E-state index contributed by atoms with van der Waals surface area (Å²) in [5.41, 5.74) is 4.21. The number of benzene rings is 1. The molecule has 0 bridgehead atoms. The fourth-order valence-electron chi connectivity index (χ4n) is 3.29. The van der Waals surface area contributed by atoms with E-state index in [-0.39, 0.29) is 13.0 Å². The number of carbonyl (C=O) groups is 1. The smallest absolute Gasteiger partial charge is 0.307 e. The summed E-state index contributed by atoms with van der Waals surface area (Å²) in [6, 6.07) is 6.55. The molecule has 1 aromatic carbocycles. The Morgan fingerprint density at radius 3 is 2.83 bits per heavy atom. The van der Waals surface area contributed by atoms with Gasteiger partial charge in [-0.15, -0.1) is 0 Å². The Hall–Kier alpha value is -3.26. The molecule has 0 aliphatic heterocycles. The minimum absolute atomic E-state index is 0.108. The van der Waals surface area contributed by atoms with Crippen LogP contribution in [-0.2, 0) is 17.8 Å². The van der Waals surface area contributed by atoms with E-state index in [1.165, 1.54) is 12.3 Å². The molecule has 0 atom stereocenters. The van der Waals surface area contributed by atoms with Crippen molar-refractivity contribution in [1.82, 2.24) is 24.7 Å². The Morgan fingerprint density at radius 2 is 2.10 bits per heavy atom. The number of hydrogen-bond acceptors (Lipinski definition) is 4. The first kappa shape index (κ1) is 19.1. The highest BCUT2D eigenvalue weighted by atomic mass is 35.5. The molecule has 0 saturated carbocycles. The Kier molecular flexibility index (Phi) is 4.79. The lowest BCUT2D eigenvalue weighted by Crippen LogP contribution is -2.07. The van der Waals surface area contributed by atoms with Gasteiger partial charge in [-0.3, -0.25) is 9.48 Å². The van der Waals surface area contributed by atoms with Gasteiger partial charge in [0, 0.05) is 28.6 Å². The molecule has 4 aromatic rings. The number of H-pyrrole nitrogens is 1. The van der Waals surface area contributed by atoms with Crippen molar-refractivity contribution in [2.75, 3.05) is 0 Å². The van der Waals surface area contributed by atoms with Crippen LogP contribution in [0.15, 0.2) is 30.5 Å². The largest absolute Gasteiger partial charge is 0.481 e. The number of halogens is 2. The highest BCUT2D eigenvalue weighted by Crippen LogP contribution is 2.24. The second kappa shape index (κ2) is 7.29. The van der Waals surface area contributed by atoms with Gasteiger partial charge in [0.25, 0.3) is 0 Å². The average molecular weight is 414 g/mol. The van der Waals surface area contributed by atoms with Crippen LogP contribution < -0.4 is 0 Å². The third kappa shape index (κ3) is 3.71. The van der Waals surface area contributed by atoms with E-state index in [1.54, 1.807) is 36.7 Å². The number of imidazole rings is 1. The molecule has 0 unspecified atom stereocenters. The summed E-state index contributed by atoms with van der Waals surface area (Å²) >= 11 is 5.94. The first-order chi connectivity index (χ1) is 13.8. The highest BCUT2D eigenvalue weighted by Gasteiger charge is 2.16. The van der Waals surface area contributed by atoms with Crippen molar-refractivity contribution in [2.45, 2.75) is 26.8 Å². The summed E-state index contributed by atoms with van der Waals surface area (Å²) in [6.45, 7) is 3.75. The number of nitrogens with one attached hydrogen (secondary N) is 1. The highest BCUT2D eigenvalue weighted by molar-refractivity contribution is 6.31. The quantitative estimate of drug-likeness (QED) is 0.517. The molecule has 0 amide bonds. The molecule has 0 aliphatic rings. The van der Waals surface area contributed by atoms with Gasteiger partial charge in [0.15, 0.2) is 5.65 Å². The second-order valence-corrected chi connectivity index (χ2v) is 7.23. The number of rotatable bonds is 5. The van der Waals surface area contributed by atoms with Crippen LogP contribution in [0.2, 0.25) is 5.02 Å². The predicted octanol–water partition coefficient (Wildman–Crippen LogP) is 3.91. The van der Waals surface area contributed by atoms with Crippen LogP contribution in [0.25, 0.3) is 22.6 Å². The number of fused-ring (bicyclic) bond motifs is 1. The average Bonchev–Trinajstić information content (AvgIpc) is 3.19. The zero-order chi connectivity index (χ0) is 20.7. The number of aliphatic carboxylic acids is 1. The molecule has 3 aromatic heterocycles. The Labute approximate surface area is 170 Å². The van der Waals surface area contributed by atoms with Gasteiger partial charge in [-0.25, -0.2) is 14.4 Å². The maximum atomic E-state index is 14.8. The Morgan fingerprint density at radius 1 is 1.31 bits per heavy atom. The molecule has 0 aliphatic carbocycles. The molecule has 0 fully saturated rings. The van der Waals surface area contributed by atoms with Crippen LogP contribution in [0, 0.1) is 19.7 Å². The molecule has 148 valence electrons. The van der Waals surface area contributed by atoms with E-state index in [0.717, 1.165) is 0 Å². The van der Waals surface area contributed by atoms with Gasteiger partial charge in [0.2, 0.25) is 0 Å². The topological polar surface area (TPSA) is 96.7 Å². The molecule has 7 nitrogen and oxygen atoms in total. The zero-order valence-electron chi connectivity index (χ0n) is 15.7. The van der Waals surface area contributed by atoms with Crippen LogP contribution in [0.4, 0.5) is 4.39 Å². The molecule has 0 spiro atoms.